The number of carbonyl (C=O) groups is 1. The molecular formula is C20H14ClNO2. The molecule has 0 spiro atoms. The summed E-state index contributed by atoms with van der Waals surface area (Å²) in [6, 6.07) is 22.8. The zero-order valence-corrected chi connectivity index (χ0v) is 13.5. The maximum atomic E-state index is 12.3. The molecule has 0 aromatic heterocycles. The van der Waals surface area contributed by atoms with E-state index in [9.17, 15) is 4.79 Å². The Balaban J connectivity index is 1.91. The summed E-state index contributed by atoms with van der Waals surface area (Å²) >= 11 is 6.00. The van der Waals surface area contributed by atoms with Crippen LogP contribution < -0.4 is 4.74 Å². The molecule has 3 rings (SSSR count). The van der Waals surface area contributed by atoms with E-state index in [0.29, 0.717) is 27.5 Å². The highest BCUT2D eigenvalue weighted by molar-refractivity contribution is 6.31. The highest BCUT2D eigenvalue weighted by Crippen LogP contribution is 2.23. The van der Waals surface area contributed by atoms with Gasteiger partial charge in [0.25, 0.3) is 0 Å². The number of ether oxygens (including phenoxy) is 1. The molecule has 0 aliphatic rings. The van der Waals surface area contributed by atoms with Crippen molar-refractivity contribution in [2.24, 2.45) is 0 Å². The molecule has 0 fully saturated rings. The van der Waals surface area contributed by atoms with Gasteiger partial charge in [0.2, 0.25) is 0 Å². The first kappa shape index (κ1) is 16.0. The molecule has 0 bridgehead atoms. The van der Waals surface area contributed by atoms with Crippen molar-refractivity contribution in [1.29, 1.82) is 5.41 Å². The van der Waals surface area contributed by atoms with Gasteiger partial charge < -0.3 is 4.74 Å². The van der Waals surface area contributed by atoms with Crippen LogP contribution in [-0.4, -0.2) is 11.7 Å². The fourth-order valence-electron chi connectivity index (χ4n) is 2.29. The van der Waals surface area contributed by atoms with Crippen LogP contribution in [0, 0.1) is 5.41 Å². The van der Waals surface area contributed by atoms with E-state index in [2.05, 4.69) is 0 Å². The van der Waals surface area contributed by atoms with Gasteiger partial charge in [-0.05, 0) is 36.4 Å². The molecule has 0 radical (unpaired) electrons. The van der Waals surface area contributed by atoms with Crippen LogP contribution in [0.2, 0.25) is 5.02 Å². The minimum absolute atomic E-state index is 0.244. The molecule has 3 nitrogen and oxygen atoms in total. The van der Waals surface area contributed by atoms with Crippen LogP contribution in [0.3, 0.4) is 0 Å². The Morgan fingerprint density at radius 3 is 2.25 bits per heavy atom. The maximum Gasteiger partial charge on any atom is 0.343 e. The summed E-state index contributed by atoms with van der Waals surface area (Å²) in [5, 5.41) is 8.96. The molecule has 0 amide bonds. The van der Waals surface area contributed by atoms with E-state index in [1.807, 2.05) is 6.07 Å². The van der Waals surface area contributed by atoms with Crippen molar-refractivity contribution in [3.63, 3.8) is 0 Å². The Bertz CT molecular complexity index is 891. The first-order valence-electron chi connectivity index (χ1n) is 7.36. The molecule has 3 aromatic rings. The van der Waals surface area contributed by atoms with Gasteiger partial charge in [-0.1, -0.05) is 54.1 Å². The molecule has 3 aromatic carbocycles. The van der Waals surface area contributed by atoms with Crippen molar-refractivity contribution in [3.05, 3.63) is 101 Å². The lowest BCUT2D eigenvalue weighted by molar-refractivity contribution is 0.0734. The van der Waals surface area contributed by atoms with E-state index in [-0.39, 0.29) is 5.71 Å². The number of hydrogen-bond donors (Lipinski definition) is 1. The van der Waals surface area contributed by atoms with Crippen LogP contribution in [-0.2, 0) is 0 Å². The van der Waals surface area contributed by atoms with E-state index in [1.54, 1.807) is 72.8 Å². The topological polar surface area (TPSA) is 50.1 Å². The lowest BCUT2D eigenvalue weighted by Gasteiger charge is -2.11. The minimum atomic E-state index is -0.457. The van der Waals surface area contributed by atoms with Gasteiger partial charge in [-0.15, -0.1) is 0 Å². The zero-order chi connectivity index (χ0) is 16.9. The van der Waals surface area contributed by atoms with Crippen LogP contribution >= 0.6 is 11.6 Å². The van der Waals surface area contributed by atoms with Crippen molar-refractivity contribution >= 4 is 23.3 Å². The third kappa shape index (κ3) is 3.53. The second kappa shape index (κ2) is 7.11. The quantitative estimate of drug-likeness (QED) is 0.415. The van der Waals surface area contributed by atoms with Gasteiger partial charge in [-0.2, -0.15) is 0 Å². The van der Waals surface area contributed by atoms with Crippen molar-refractivity contribution < 1.29 is 9.53 Å². The van der Waals surface area contributed by atoms with E-state index in [0.717, 1.165) is 0 Å². The number of carbonyl (C=O) groups excluding carboxylic acids is 1. The summed E-state index contributed by atoms with van der Waals surface area (Å²) in [4.78, 5) is 12.3. The SMILES string of the molecule is N=C(c1cccc(Cl)c1)c1ccccc1OC(=O)c1ccccc1. The van der Waals surface area contributed by atoms with Crippen molar-refractivity contribution in [1.82, 2.24) is 0 Å². The lowest BCUT2D eigenvalue weighted by atomic mass is 10.0. The molecule has 0 aliphatic heterocycles. The summed E-state index contributed by atoms with van der Waals surface area (Å²) in [6.45, 7) is 0. The Kier molecular flexibility index (Phi) is 4.73. The van der Waals surface area contributed by atoms with Gasteiger partial charge >= 0.3 is 5.97 Å². The average molecular weight is 336 g/mol. The van der Waals surface area contributed by atoms with Crippen molar-refractivity contribution in [2.45, 2.75) is 0 Å². The summed E-state index contributed by atoms with van der Waals surface area (Å²) in [7, 11) is 0. The lowest BCUT2D eigenvalue weighted by Crippen LogP contribution is -2.12. The standard InChI is InChI=1S/C20H14ClNO2/c21-16-10-6-9-15(13-16)19(22)17-11-4-5-12-18(17)24-20(23)14-7-2-1-3-8-14/h1-13,22H. The summed E-state index contributed by atoms with van der Waals surface area (Å²) in [5.41, 5.74) is 1.89. The Labute approximate surface area is 145 Å². The van der Waals surface area contributed by atoms with E-state index < -0.39 is 5.97 Å². The van der Waals surface area contributed by atoms with Gasteiger partial charge in [-0.25, -0.2) is 4.79 Å². The maximum absolute atomic E-state index is 12.3. The predicted octanol–water partition coefficient (Wildman–Crippen LogP) is 4.98. The molecule has 0 heterocycles. The third-order valence-corrected chi connectivity index (χ3v) is 3.72. The van der Waals surface area contributed by atoms with Crippen LogP contribution in [0.5, 0.6) is 5.75 Å². The number of nitrogens with one attached hydrogen (secondary N) is 1. The fraction of sp³-hybridized carbons (Fsp3) is 0. The largest absolute Gasteiger partial charge is 0.422 e. The molecule has 24 heavy (non-hydrogen) atoms. The van der Waals surface area contributed by atoms with Crippen LogP contribution in [0.1, 0.15) is 21.5 Å². The molecule has 0 atom stereocenters. The van der Waals surface area contributed by atoms with E-state index >= 15 is 0 Å². The second-order valence-electron chi connectivity index (χ2n) is 5.14. The van der Waals surface area contributed by atoms with E-state index in [4.69, 9.17) is 21.7 Å². The smallest absolute Gasteiger partial charge is 0.343 e. The Morgan fingerprint density at radius 1 is 0.833 bits per heavy atom. The van der Waals surface area contributed by atoms with Crippen molar-refractivity contribution in [3.8, 4) is 5.75 Å². The van der Waals surface area contributed by atoms with E-state index in [1.165, 1.54) is 0 Å². The number of para-hydroxylation sites is 1. The number of halogens is 1. The molecular weight excluding hydrogens is 322 g/mol. The summed E-state index contributed by atoms with van der Waals surface area (Å²) in [5.74, 6) is -0.113. The first-order chi connectivity index (χ1) is 11.6. The Hall–Kier alpha value is -2.91. The highest BCUT2D eigenvalue weighted by atomic mass is 35.5. The number of rotatable bonds is 4. The molecule has 1 N–H and O–H groups in total. The zero-order valence-electron chi connectivity index (χ0n) is 12.7. The molecule has 0 saturated carbocycles. The van der Waals surface area contributed by atoms with Gasteiger partial charge in [0.05, 0.1) is 11.3 Å². The third-order valence-electron chi connectivity index (χ3n) is 3.48. The Morgan fingerprint density at radius 2 is 1.50 bits per heavy atom. The number of hydrogen-bond acceptors (Lipinski definition) is 3. The highest BCUT2D eigenvalue weighted by Gasteiger charge is 2.15. The summed E-state index contributed by atoms with van der Waals surface area (Å²) in [6.07, 6.45) is 0. The molecule has 0 aliphatic carbocycles. The summed E-state index contributed by atoms with van der Waals surface area (Å²) < 4.78 is 5.49. The van der Waals surface area contributed by atoms with Crippen LogP contribution in [0.25, 0.3) is 0 Å². The molecule has 0 unspecified atom stereocenters. The molecule has 118 valence electrons. The molecule has 4 heteroatoms. The minimum Gasteiger partial charge on any atom is -0.422 e. The monoisotopic (exact) mass is 335 g/mol. The second-order valence-corrected chi connectivity index (χ2v) is 5.57. The first-order valence-corrected chi connectivity index (χ1v) is 7.74. The van der Waals surface area contributed by atoms with Gasteiger partial charge in [-0.3, -0.25) is 5.41 Å². The molecule has 0 saturated heterocycles. The number of benzene rings is 3. The van der Waals surface area contributed by atoms with Crippen molar-refractivity contribution in [2.75, 3.05) is 0 Å². The predicted molar refractivity (Wildman–Crippen MR) is 95.2 cm³/mol. The van der Waals surface area contributed by atoms with Gasteiger partial charge in [0.1, 0.15) is 5.75 Å². The fourth-order valence-corrected chi connectivity index (χ4v) is 2.48. The average Bonchev–Trinajstić information content (AvgIpc) is 2.62. The number of esters is 1. The van der Waals surface area contributed by atoms with Crippen LogP contribution in [0.4, 0.5) is 0 Å². The van der Waals surface area contributed by atoms with Gasteiger partial charge in [0.15, 0.2) is 0 Å². The van der Waals surface area contributed by atoms with Gasteiger partial charge in [0, 0.05) is 16.1 Å². The normalized spacial score (nSPS) is 10.2. The van der Waals surface area contributed by atoms with Crippen LogP contribution in [0.15, 0.2) is 78.9 Å².